The largest absolute Gasteiger partial charge is 0.396 e. The van der Waals surface area contributed by atoms with Gasteiger partial charge in [0.15, 0.2) is 5.65 Å². The van der Waals surface area contributed by atoms with E-state index in [1.807, 2.05) is 6.92 Å². The molecule has 0 fully saturated rings. The first-order chi connectivity index (χ1) is 9.78. The topological polar surface area (TPSA) is 108 Å². The molecule has 110 valence electrons. The van der Waals surface area contributed by atoms with Gasteiger partial charge in [0, 0.05) is 20.3 Å². The van der Waals surface area contributed by atoms with Crippen LogP contribution in [0, 0.1) is 0 Å². The molecule has 0 aliphatic heterocycles. The predicted molar refractivity (Wildman–Crippen MR) is 76.8 cm³/mol. The maximum Gasteiger partial charge on any atom is 0.226 e. The van der Waals surface area contributed by atoms with E-state index in [1.165, 1.54) is 0 Å². The van der Waals surface area contributed by atoms with Crippen LogP contribution in [0.5, 0.6) is 0 Å². The molecule has 4 N–H and O–H groups in total. The second-order valence-electron chi connectivity index (χ2n) is 4.37. The number of aliphatic hydroxyl groups is 1. The summed E-state index contributed by atoms with van der Waals surface area (Å²) in [7, 11) is 1.63. The van der Waals surface area contributed by atoms with Crippen molar-refractivity contribution < 1.29 is 9.84 Å². The number of rotatable bonds is 8. The van der Waals surface area contributed by atoms with Gasteiger partial charge in [0.25, 0.3) is 0 Å². The molecule has 0 aliphatic rings. The SMILES string of the molecule is CCNc1nc(NC(CCO)COC)c2cn[nH]c2n1. The molecule has 8 nitrogen and oxygen atoms in total. The normalized spacial score (nSPS) is 12.6. The zero-order valence-corrected chi connectivity index (χ0v) is 11.7. The summed E-state index contributed by atoms with van der Waals surface area (Å²) in [5, 5.41) is 23.1. The van der Waals surface area contributed by atoms with Crippen LogP contribution in [0.15, 0.2) is 6.20 Å². The summed E-state index contributed by atoms with van der Waals surface area (Å²) in [5.74, 6) is 1.21. The lowest BCUT2D eigenvalue weighted by molar-refractivity contribution is 0.170. The van der Waals surface area contributed by atoms with E-state index in [2.05, 4.69) is 30.8 Å². The van der Waals surface area contributed by atoms with Gasteiger partial charge in [0.2, 0.25) is 5.95 Å². The molecule has 0 saturated heterocycles. The van der Waals surface area contributed by atoms with Crippen LogP contribution in [0.3, 0.4) is 0 Å². The number of aromatic amines is 1. The molecule has 2 aromatic rings. The minimum absolute atomic E-state index is 0.0209. The molecule has 2 heterocycles. The molecule has 0 aromatic carbocycles. The smallest absolute Gasteiger partial charge is 0.226 e. The first-order valence-electron chi connectivity index (χ1n) is 6.59. The summed E-state index contributed by atoms with van der Waals surface area (Å²) in [6.07, 6.45) is 2.25. The highest BCUT2D eigenvalue weighted by Gasteiger charge is 2.14. The molecule has 0 spiro atoms. The van der Waals surface area contributed by atoms with Crippen LogP contribution in [-0.4, -0.2) is 58.2 Å². The molecule has 0 amide bonds. The average Bonchev–Trinajstić information content (AvgIpc) is 2.88. The quantitative estimate of drug-likeness (QED) is 0.560. The number of ether oxygens (including phenoxy) is 1. The Morgan fingerprint density at radius 3 is 3.00 bits per heavy atom. The van der Waals surface area contributed by atoms with Crippen molar-refractivity contribution in [1.29, 1.82) is 0 Å². The van der Waals surface area contributed by atoms with Gasteiger partial charge in [-0.15, -0.1) is 0 Å². The number of nitrogens with zero attached hydrogens (tertiary/aromatic N) is 3. The van der Waals surface area contributed by atoms with Crippen molar-refractivity contribution in [3.63, 3.8) is 0 Å². The van der Waals surface area contributed by atoms with Gasteiger partial charge in [-0.05, 0) is 13.3 Å². The Kier molecular flexibility index (Phi) is 5.08. The molecule has 0 bridgehead atoms. The Hall–Kier alpha value is -1.93. The summed E-state index contributed by atoms with van der Waals surface area (Å²) in [5.41, 5.74) is 0.665. The van der Waals surface area contributed by atoms with Gasteiger partial charge < -0.3 is 20.5 Å². The van der Waals surface area contributed by atoms with Gasteiger partial charge in [-0.2, -0.15) is 15.1 Å². The number of hydrogen-bond donors (Lipinski definition) is 4. The van der Waals surface area contributed by atoms with E-state index in [0.717, 1.165) is 11.9 Å². The number of fused-ring (bicyclic) bond motifs is 1. The minimum atomic E-state index is -0.0209. The van der Waals surface area contributed by atoms with E-state index in [1.54, 1.807) is 13.3 Å². The van der Waals surface area contributed by atoms with Crippen LogP contribution in [0.25, 0.3) is 11.0 Å². The fourth-order valence-electron chi connectivity index (χ4n) is 1.93. The molecule has 1 atom stereocenters. The average molecular weight is 280 g/mol. The van der Waals surface area contributed by atoms with Crippen LogP contribution >= 0.6 is 0 Å². The predicted octanol–water partition coefficient (Wildman–Crippen LogP) is 0.594. The van der Waals surface area contributed by atoms with E-state index < -0.39 is 0 Å². The second-order valence-corrected chi connectivity index (χ2v) is 4.37. The molecular weight excluding hydrogens is 260 g/mol. The van der Waals surface area contributed by atoms with Crippen molar-refractivity contribution in [1.82, 2.24) is 20.2 Å². The van der Waals surface area contributed by atoms with Crippen molar-refractivity contribution in [2.45, 2.75) is 19.4 Å². The van der Waals surface area contributed by atoms with Crippen LogP contribution in [0.4, 0.5) is 11.8 Å². The number of methoxy groups -OCH3 is 1. The van der Waals surface area contributed by atoms with E-state index in [9.17, 15) is 0 Å². The zero-order chi connectivity index (χ0) is 14.4. The number of hydrogen-bond acceptors (Lipinski definition) is 7. The van der Waals surface area contributed by atoms with Gasteiger partial charge in [0.05, 0.1) is 24.2 Å². The molecular formula is C12H20N6O2. The van der Waals surface area contributed by atoms with E-state index in [-0.39, 0.29) is 12.6 Å². The van der Waals surface area contributed by atoms with Crippen LogP contribution < -0.4 is 10.6 Å². The minimum Gasteiger partial charge on any atom is -0.396 e. The first kappa shape index (κ1) is 14.5. The third-order valence-electron chi connectivity index (χ3n) is 2.83. The highest BCUT2D eigenvalue weighted by atomic mass is 16.5. The zero-order valence-electron chi connectivity index (χ0n) is 11.7. The van der Waals surface area contributed by atoms with Crippen molar-refractivity contribution in [3.8, 4) is 0 Å². The Morgan fingerprint density at radius 1 is 1.45 bits per heavy atom. The summed E-state index contributed by atoms with van der Waals surface area (Å²) in [4.78, 5) is 8.76. The lowest BCUT2D eigenvalue weighted by Crippen LogP contribution is -2.27. The summed E-state index contributed by atoms with van der Waals surface area (Å²) in [6.45, 7) is 3.28. The Balaban J connectivity index is 2.28. The highest BCUT2D eigenvalue weighted by Crippen LogP contribution is 2.21. The maximum atomic E-state index is 9.09. The van der Waals surface area contributed by atoms with Gasteiger partial charge in [-0.1, -0.05) is 0 Å². The fourth-order valence-corrected chi connectivity index (χ4v) is 1.93. The second kappa shape index (κ2) is 7.01. The summed E-state index contributed by atoms with van der Waals surface area (Å²) >= 11 is 0. The van der Waals surface area contributed by atoms with Crippen molar-refractivity contribution >= 4 is 22.8 Å². The first-order valence-corrected chi connectivity index (χ1v) is 6.59. The monoisotopic (exact) mass is 280 g/mol. The number of aliphatic hydroxyl groups excluding tert-OH is 1. The Labute approximate surface area is 117 Å². The number of anilines is 2. The lowest BCUT2D eigenvalue weighted by Gasteiger charge is -2.18. The van der Waals surface area contributed by atoms with E-state index in [0.29, 0.717) is 30.4 Å². The standard InChI is InChI=1S/C12H20N6O2/c1-3-13-12-16-10(9-6-14-18-11(9)17-12)15-8(4-5-19)7-20-2/h6,8,19H,3-5,7H2,1-2H3,(H3,13,14,15,16,17,18). The van der Waals surface area contributed by atoms with E-state index in [4.69, 9.17) is 9.84 Å². The van der Waals surface area contributed by atoms with Crippen molar-refractivity contribution in [2.24, 2.45) is 0 Å². The summed E-state index contributed by atoms with van der Waals surface area (Å²) in [6, 6.07) is -0.0209. The molecule has 1 unspecified atom stereocenters. The third kappa shape index (κ3) is 3.34. The lowest BCUT2D eigenvalue weighted by atomic mass is 10.2. The molecule has 2 aromatic heterocycles. The molecule has 8 heteroatoms. The van der Waals surface area contributed by atoms with E-state index >= 15 is 0 Å². The highest BCUT2D eigenvalue weighted by molar-refractivity contribution is 5.87. The van der Waals surface area contributed by atoms with Crippen molar-refractivity contribution in [2.75, 3.05) is 37.5 Å². The van der Waals surface area contributed by atoms with Gasteiger partial charge in [-0.3, -0.25) is 5.10 Å². The van der Waals surface area contributed by atoms with Crippen LogP contribution in [-0.2, 0) is 4.74 Å². The Bertz CT molecular complexity index is 538. The molecule has 2 rings (SSSR count). The Morgan fingerprint density at radius 2 is 2.30 bits per heavy atom. The molecule has 0 radical (unpaired) electrons. The van der Waals surface area contributed by atoms with Crippen molar-refractivity contribution in [3.05, 3.63) is 6.20 Å². The molecule has 20 heavy (non-hydrogen) atoms. The van der Waals surface area contributed by atoms with Gasteiger partial charge >= 0.3 is 0 Å². The fraction of sp³-hybridized carbons (Fsp3) is 0.583. The van der Waals surface area contributed by atoms with Gasteiger partial charge in [-0.25, -0.2) is 0 Å². The molecule has 0 aliphatic carbocycles. The maximum absolute atomic E-state index is 9.09. The third-order valence-corrected chi connectivity index (χ3v) is 2.83. The number of aromatic nitrogens is 4. The van der Waals surface area contributed by atoms with Gasteiger partial charge in [0.1, 0.15) is 5.82 Å². The number of nitrogens with one attached hydrogen (secondary N) is 3. The van der Waals surface area contributed by atoms with Crippen LogP contribution in [0.2, 0.25) is 0 Å². The number of H-pyrrole nitrogens is 1. The molecule has 0 saturated carbocycles. The summed E-state index contributed by atoms with van der Waals surface area (Å²) < 4.78 is 5.14. The van der Waals surface area contributed by atoms with Crippen LogP contribution in [0.1, 0.15) is 13.3 Å².